The normalized spacial score (nSPS) is 11.6. The Labute approximate surface area is 147 Å². The summed E-state index contributed by atoms with van der Waals surface area (Å²) < 4.78 is 10.5. The SMILES string of the molecule is COc1ccc([C@H](C)NC(=O)CCSc2ccccc2)cc1OC. The van der Waals surface area contributed by atoms with Crippen LogP contribution in [0.4, 0.5) is 0 Å². The molecule has 0 aromatic heterocycles. The Bertz CT molecular complexity index is 661. The molecule has 0 fully saturated rings. The second kappa shape index (κ2) is 9.23. The smallest absolute Gasteiger partial charge is 0.221 e. The largest absolute Gasteiger partial charge is 0.493 e. The molecular weight excluding hydrogens is 322 g/mol. The Hall–Kier alpha value is -2.14. The highest BCUT2D eigenvalue weighted by Gasteiger charge is 2.12. The molecule has 1 amide bonds. The number of methoxy groups -OCH3 is 2. The lowest BCUT2D eigenvalue weighted by Crippen LogP contribution is -2.26. The van der Waals surface area contributed by atoms with Crippen LogP contribution in [0.1, 0.15) is 24.9 Å². The van der Waals surface area contributed by atoms with Crippen LogP contribution in [-0.2, 0) is 4.79 Å². The summed E-state index contributed by atoms with van der Waals surface area (Å²) in [5, 5.41) is 3.02. The van der Waals surface area contributed by atoms with Gasteiger partial charge in [0.05, 0.1) is 20.3 Å². The van der Waals surface area contributed by atoms with Crippen molar-refractivity contribution in [1.82, 2.24) is 5.32 Å². The predicted molar refractivity (Wildman–Crippen MR) is 97.9 cm³/mol. The molecule has 24 heavy (non-hydrogen) atoms. The first kappa shape index (κ1) is 18.2. The maximum absolute atomic E-state index is 12.1. The predicted octanol–water partition coefficient (Wildman–Crippen LogP) is 4.06. The highest BCUT2D eigenvalue weighted by molar-refractivity contribution is 7.99. The molecule has 0 saturated carbocycles. The van der Waals surface area contributed by atoms with Gasteiger partial charge in [0.15, 0.2) is 11.5 Å². The van der Waals surface area contributed by atoms with Crippen molar-refractivity contribution < 1.29 is 14.3 Å². The zero-order chi connectivity index (χ0) is 17.4. The van der Waals surface area contributed by atoms with Gasteiger partial charge < -0.3 is 14.8 Å². The molecule has 2 aromatic carbocycles. The molecule has 0 bridgehead atoms. The molecule has 4 nitrogen and oxygen atoms in total. The Kier molecular flexibility index (Phi) is 7.00. The molecule has 0 heterocycles. The van der Waals surface area contributed by atoms with E-state index in [2.05, 4.69) is 17.4 Å². The fourth-order valence-electron chi connectivity index (χ4n) is 2.30. The van der Waals surface area contributed by atoms with E-state index in [0.717, 1.165) is 11.3 Å². The summed E-state index contributed by atoms with van der Waals surface area (Å²) in [4.78, 5) is 13.3. The van der Waals surface area contributed by atoms with E-state index in [1.807, 2.05) is 43.3 Å². The fraction of sp³-hybridized carbons (Fsp3) is 0.316. The second-order valence-electron chi connectivity index (χ2n) is 5.32. The van der Waals surface area contributed by atoms with Gasteiger partial charge in [-0.25, -0.2) is 0 Å². The molecule has 0 aliphatic carbocycles. The molecule has 0 saturated heterocycles. The summed E-state index contributed by atoms with van der Waals surface area (Å²) in [5.41, 5.74) is 0.983. The van der Waals surface area contributed by atoms with Gasteiger partial charge in [-0.2, -0.15) is 0 Å². The zero-order valence-electron chi connectivity index (χ0n) is 14.2. The van der Waals surface area contributed by atoms with Gasteiger partial charge >= 0.3 is 0 Å². The third-order valence-corrected chi connectivity index (χ3v) is 4.64. The second-order valence-corrected chi connectivity index (χ2v) is 6.48. The van der Waals surface area contributed by atoms with Crippen molar-refractivity contribution in [2.45, 2.75) is 24.3 Å². The topological polar surface area (TPSA) is 47.6 Å². The lowest BCUT2D eigenvalue weighted by Gasteiger charge is -2.16. The third kappa shape index (κ3) is 5.20. The lowest BCUT2D eigenvalue weighted by atomic mass is 10.1. The van der Waals surface area contributed by atoms with Crippen LogP contribution in [0.25, 0.3) is 0 Å². The van der Waals surface area contributed by atoms with E-state index < -0.39 is 0 Å². The van der Waals surface area contributed by atoms with Crippen LogP contribution in [0, 0.1) is 0 Å². The molecule has 0 aliphatic heterocycles. The van der Waals surface area contributed by atoms with Gasteiger partial charge in [-0.05, 0) is 36.8 Å². The monoisotopic (exact) mass is 345 g/mol. The highest BCUT2D eigenvalue weighted by atomic mass is 32.2. The fourth-order valence-corrected chi connectivity index (χ4v) is 3.17. The van der Waals surface area contributed by atoms with E-state index in [-0.39, 0.29) is 11.9 Å². The number of thioether (sulfide) groups is 1. The quantitative estimate of drug-likeness (QED) is 0.733. The van der Waals surface area contributed by atoms with E-state index in [9.17, 15) is 4.79 Å². The molecule has 0 radical (unpaired) electrons. The number of benzene rings is 2. The van der Waals surface area contributed by atoms with Crippen molar-refractivity contribution in [2.24, 2.45) is 0 Å². The molecule has 1 atom stereocenters. The summed E-state index contributed by atoms with van der Waals surface area (Å²) in [6.45, 7) is 1.96. The molecule has 0 unspecified atom stereocenters. The van der Waals surface area contributed by atoms with E-state index in [1.54, 1.807) is 26.0 Å². The molecule has 0 spiro atoms. The van der Waals surface area contributed by atoms with Crippen molar-refractivity contribution >= 4 is 17.7 Å². The molecule has 1 N–H and O–H groups in total. The maximum atomic E-state index is 12.1. The van der Waals surface area contributed by atoms with Gasteiger partial charge in [0, 0.05) is 17.1 Å². The highest BCUT2D eigenvalue weighted by Crippen LogP contribution is 2.29. The van der Waals surface area contributed by atoms with Gasteiger partial charge in [0.1, 0.15) is 0 Å². The van der Waals surface area contributed by atoms with Gasteiger partial charge in [-0.15, -0.1) is 11.8 Å². The minimum absolute atomic E-state index is 0.0423. The first-order chi connectivity index (χ1) is 11.6. The Balaban J connectivity index is 1.85. The van der Waals surface area contributed by atoms with Crippen LogP contribution in [-0.4, -0.2) is 25.9 Å². The number of carbonyl (C=O) groups is 1. The number of amides is 1. The third-order valence-electron chi connectivity index (χ3n) is 3.63. The van der Waals surface area contributed by atoms with Crippen molar-refractivity contribution in [1.29, 1.82) is 0 Å². The number of rotatable bonds is 8. The standard InChI is InChI=1S/C19H23NO3S/c1-14(15-9-10-17(22-2)18(13-15)23-3)20-19(21)11-12-24-16-7-5-4-6-8-16/h4-10,13-14H,11-12H2,1-3H3,(H,20,21)/t14-/m0/s1. The molecule has 2 aromatic rings. The van der Waals surface area contributed by atoms with Crippen LogP contribution in [0.2, 0.25) is 0 Å². The van der Waals surface area contributed by atoms with Crippen LogP contribution in [0.5, 0.6) is 11.5 Å². The van der Waals surface area contributed by atoms with Gasteiger partial charge in [-0.1, -0.05) is 24.3 Å². The van der Waals surface area contributed by atoms with Crippen LogP contribution < -0.4 is 14.8 Å². The number of carbonyl (C=O) groups excluding carboxylic acids is 1. The van der Waals surface area contributed by atoms with Crippen molar-refractivity contribution in [2.75, 3.05) is 20.0 Å². The van der Waals surface area contributed by atoms with Crippen molar-refractivity contribution in [3.63, 3.8) is 0 Å². The maximum Gasteiger partial charge on any atom is 0.221 e. The van der Waals surface area contributed by atoms with Gasteiger partial charge in [0.25, 0.3) is 0 Å². The molecule has 0 aliphatic rings. The van der Waals surface area contributed by atoms with Crippen LogP contribution >= 0.6 is 11.8 Å². The first-order valence-corrected chi connectivity index (χ1v) is 8.81. The van der Waals surface area contributed by atoms with Crippen LogP contribution in [0.3, 0.4) is 0 Å². The average molecular weight is 345 g/mol. The summed E-state index contributed by atoms with van der Waals surface area (Å²) in [7, 11) is 3.21. The van der Waals surface area contributed by atoms with Gasteiger partial charge in [0.2, 0.25) is 5.91 Å². The van der Waals surface area contributed by atoms with Crippen molar-refractivity contribution in [3.05, 3.63) is 54.1 Å². The molecular formula is C19H23NO3S. The lowest BCUT2D eigenvalue weighted by molar-refractivity contribution is -0.121. The minimum Gasteiger partial charge on any atom is -0.493 e. The summed E-state index contributed by atoms with van der Waals surface area (Å²) in [5.74, 6) is 2.14. The Morgan fingerprint density at radius 1 is 1.08 bits per heavy atom. The average Bonchev–Trinajstić information content (AvgIpc) is 2.61. The number of nitrogens with one attached hydrogen (secondary N) is 1. The number of hydrogen-bond acceptors (Lipinski definition) is 4. The molecule has 5 heteroatoms. The Morgan fingerprint density at radius 2 is 1.79 bits per heavy atom. The summed E-state index contributed by atoms with van der Waals surface area (Å²) in [6.07, 6.45) is 0.483. The first-order valence-electron chi connectivity index (χ1n) is 7.83. The van der Waals surface area contributed by atoms with E-state index in [0.29, 0.717) is 17.9 Å². The minimum atomic E-state index is -0.0842. The van der Waals surface area contributed by atoms with E-state index >= 15 is 0 Å². The number of ether oxygens (including phenoxy) is 2. The summed E-state index contributed by atoms with van der Waals surface area (Å²) in [6, 6.07) is 15.7. The molecule has 2 rings (SSSR count). The Morgan fingerprint density at radius 3 is 2.46 bits per heavy atom. The van der Waals surface area contributed by atoms with Gasteiger partial charge in [-0.3, -0.25) is 4.79 Å². The van der Waals surface area contributed by atoms with E-state index in [1.165, 1.54) is 4.90 Å². The molecule has 128 valence electrons. The number of hydrogen-bond donors (Lipinski definition) is 1. The van der Waals surface area contributed by atoms with Crippen LogP contribution in [0.15, 0.2) is 53.4 Å². The summed E-state index contributed by atoms with van der Waals surface area (Å²) >= 11 is 1.69. The zero-order valence-corrected chi connectivity index (χ0v) is 15.1. The van der Waals surface area contributed by atoms with Crippen molar-refractivity contribution in [3.8, 4) is 11.5 Å². The van der Waals surface area contributed by atoms with E-state index in [4.69, 9.17) is 9.47 Å².